The zero-order valence-corrected chi connectivity index (χ0v) is 6.53. The van der Waals surface area contributed by atoms with Crippen molar-refractivity contribution in [3.05, 3.63) is 0 Å². The third-order valence-electron chi connectivity index (χ3n) is 2.13. The number of aliphatic hydroxyl groups is 1. The van der Waals surface area contributed by atoms with Crippen LogP contribution in [0.4, 0.5) is 0 Å². The molecule has 64 valence electrons. The van der Waals surface area contributed by atoms with Gasteiger partial charge in [-0.25, -0.2) is 4.79 Å². The second-order valence-corrected chi connectivity index (χ2v) is 3.09. The molecule has 0 aromatic heterocycles. The minimum absolute atomic E-state index is 0.0856. The van der Waals surface area contributed by atoms with Crippen molar-refractivity contribution in [1.82, 2.24) is 4.90 Å². The van der Waals surface area contributed by atoms with Crippen LogP contribution in [0.3, 0.4) is 0 Å². The van der Waals surface area contributed by atoms with Crippen LogP contribution < -0.4 is 0 Å². The number of nitrogens with zero attached hydrogens (tertiary/aromatic N) is 1. The van der Waals surface area contributed by atoms with E-state index in [0.717, 1.165) is 13.0 Å². The molecule has 0 saturated carbocycles. The van der Waals surface area contributed by atoms with E-state index in [1.807, 2.05) is 11.9 Å². The second kappa shape index (κ2) is 3.19. The van der Waals surface area contributed by atoms with Crippen LogP contribution in [0.1, 0.15) is 6.42 Å². The molecule has 0 aliphatic carbocycles. The molecule has 1 saturated heterocycles. The largest absolute Gasteiger partial charge is 0.479 e. The van der Waals surface area contributed by atoms with E-state index in [0.29, 0.717) is 6.54 Å². The number of rotatable bonds is 2. The van der Waals surface area contributed by atoms with Crippen molar-refractivity contribution >= 4 is 5.97 Å². The minimum atomic E-state index is -1.18. The summed E-state index contributed by atoms with van der Waals surface area (Å²) in [7, 11) is 1.93. The summed E-state index contributed by atoms with van der Waals surface area (Å²) in [5, 5.41) is 17.6. The Morgan fingerprint density at radius 1 is 1.73 bits per heavy atom. The summed E-state index contributed by atoms with van der Waals surface area (Å²) in [5.74, 6) is -1.19. The molecule has 0 amide bonds. The maximum absolute atomic E-state index is 10.3. The summed E-state index contributed by atoms with van der Waals surface area (Å²) in [6, 6.07) is 0. The van der Waals surface area contributed by atoms with Crippen molar-refractivity contribution in [2.24, 2.45) is 5.92 Å². The van der Waals surface area contributed by atoms with Crippen molar-refractivity contribution in [1.29, 1.82) is 0 Å². The molecule has 0 aromatic carbocycles. The molecule has 0 bridgehead atoms. The molecule has 4 heteroatoms. The second-order valence-electron chi connectivity index (χ2n) is 3.09. The summed E-state index contributed by atoms with van der Waals surface area (Å²) in [6.07, 6.45) is -0.399. The first-order chi connectivity index (χ1) is 5.11. The summed E-state index contributed by atoms with van der Waals surface area (Å²) in [5.41, 5.74) is 0. The molecule has 1 aliphatic rings. The van der Waals surface area contributed by atoms with E-state index in [9.17, 15) is 4.79 Å². The smallest absolute Gasteiger partial charge is 0.332 e. The summed E-state index contributed by atoms with van der Waals surface area (Å²) < 4.78 is 0. The van der Waals surface area contributed by atoms with Gasteiger partial charge in [0.15, 0.2) is 6.10 Å². The Morgan fingerprint density at radius 3 is 2.73 bits per heavy atom. The lowest BCUT2D eigenvalue weighted by molar-refractivity contribution is -0.149. The predicted molar refractivity (Wildman–Crippen MR) is 39.2 cm³/mol. The average molecular weight is 159 g/mol. The number of hydrogen-bond acceptors (Lipinski definition) is 3. The molecule has 4 nitrogen and oxygen atoms in total. The highest BCUT2D eigenvalue weighted by atomic mass is 16.4. The maximum Gasteiger partial charge on any atom is 0.332 e. The quantitative estimate of drug-likeness (QED) is 0.564. The van der Waals surface area contributed by atoms with Crippen LogP contribution in [0.5, 0.6) is 0 Å². The standard InChI is InChI=1S/C7H13NO3/c1-8-3-2-5(4-8)6(9)7(10)11/h5-6,9H,2-4H2,1H3,(H,10,11). The normalized spacial score (nSPS) is 28.7. The van der Waals surface area contributed by atoms with Crippen LogP contribution in [0.15, 0.2) is 0 Å². The molecular weight excluding hydrogens is 146 g/mol. The van der Waals surface area contributed by atoms with Gasteiger partial charge in [-0.15, -0.1) is 0 Å². The van der Waals surface area contributed by atoms with E-state index < -0.39 is 12.1 Å². The van der Waals surface area contributed by atoms with Gasteiger partial charge in [0.1, 0.15) is 0 Å². The van der Waals surface area contributed by atoms with Gasteiger partial charge in [-0.1, -0.05) is 0 Å². The Balaban J connectivity index is 2.43. The van der Waals surface area contributed by atoms with Crippen molar-refractivity contribution in [2.45, 2.75) is 12.5 Å². The highest BCUT2D eigenvalue weighted by Gasteiger charge is 2.30. The lowest BCUT2D eigenvalue weighted by Gasteiger charge is -2.12. The van der Waals surface area contributed by atoms with Gasteiger partial charge in [-0.05, 0) is 20.0 Å². The molecule has 2 N–H and O–H groups in total. The highest BCUT2D eigenvalue weighted by Crippen LogP contribution is 2.17. The van der Waals surface area contributed by atoms with Gasteiger partial charge in [0.05, 0.1) is 0 Å². The number of carbonyl (C=O) groups is 1. The van der Waals surface area contributed by atoms with Crippen molar-refractivity contribution in [3.8, 4) is 0 Å². The topological polar surface area (TPSA) is 60.8 Å². The van der Waals surface area contributed by atoms with E-state index in [2.05, 4.69) is 0 Å². The van der Waals surface area contributed by atoms with Crippen molar-refractivity contribution in [3.63, 3.8) is 0 Å². The summed E-state index contributed by atoms with van der Waals surface area (Å²) in [6.45, 7) is 1.57. The number of carboxylic acid groups (broad SMARTS) is 1. The fraction of sp³-hybridized carbons (Fsp3) is 0.857. The van der Waals surface area contributed by atoms with Gasteiger partial charge in [0.2, 0.25) is 0 Å². The Labute approximate surface area is 65.4 Å². The van der Waals surface area contributed by atoms with Crippen molar-refractivity contribution in [2.75, 3.05) is 20.1 Å². The lowest BCUT2D eigenvalue weighted by atomic mass is 10.0. The summed E-state index contributed by atoms with van der Waals surface area (Å²) in [4.78, 5) is 12.3. The SMILES string of the molecule is CN1CCC(C(O)C(=O)O)C1. The molecule has 0 radical (unpaired) electrons. The average Bonchev–Trinajstić information content (AvgIpc) is 2.34. The molecule has 0 spiro atoms. The van der Waals surface area contributed by atoms with Crippen LogP contribution in [0.25, 0.3) is 0 Å². The van der Waals surface area contributed by atoms with Gasteiger partial charge < -0.3 is 15.1 Å². The Bertz CT molecular complexity index is 160. The fourth-order valence-electron chi connectivity index (χ4n) is 1.43. The van der Waals surface area contributed by atoms with Gasteiger partial charge in [0, 0.05) is 12.5 Å². The number of carboxylic acids is 1. The molecule has 2 atom stereocenters. The first kappa shape index (κ1) is 8.49. The number of hydrogen-bond donors (Lipinski definition) is 2. The number of aliphatic carboxylic acids is 1. The Hall–Kier alpha value is -0.610. The fourth-order valence-corrected chi connectivity index (χ4v) is 1.43. The van der Waals surface area contributed by atoms with Crippen LogP contribution in [-0.4, -0.2) is 47.3 Å². The van der Waals surface area contributed by atoms with Gasteiger partial charge in [-0.3, -0.25) is 0 Å². The monoisotopic (exact) mass is 159 g/mol. The number of aliphatic hydroxyl groups excluding tert-OH is 1. The van der Waals surface area contributed by atoms with E-state index in [1.165, 1.54) is 0 Å². The third kappa shape index (κ3) is 1.91. The first-order valence-corrected chi connectivity index (χ1v) is 3.70. The number of likely N-dealkylation sites (tertiary alicyclic amines) is 1. The molecule has 0 aromatic rings. The molecule has 1 heterocycles. The van der Waals surface area contributed by atoms with Gasteiger partial charge in [0.25, 0.3) is 0 Å². The van der Waals surface area contributed by atoms with E-state index >= 15 is 0 Å². The van der Waals surface area contributed by atoms with E-state index in [-0.39, 0.29) is 5.92 Å². The Kier molecular flexibility index (Phi) is 2.46. The van der Waals surface area contributed by atoms with Crippen LogP contribution >= 0.6 is 0 Å². The predicted octanol–water partition coefficient (Wildman–Crippen LogP) is -0.616. The van der Waals surface area contributed by atoms with E-state index in [4.69, 9.17) is 10.2 Å². The van der Waals surface area contributed by atoms with Gasteiger partial charge >= 0.3 is 5.97 Å². The zero-order valence-electron chi connectivity index (χ0n) is 6.53. The zero-order chi connectivity index (χ0) is 8.43. The van der Waals surface area contributed by atoms with Crippen LogP contribution in [0, 0.1) is 5.92 Å². The van der Waals surface area contributed by atoms with Crippen molar-refractivity contribution < 1.29 is 15.0 Å². The molecule has 11 heavy (non-hydrogen) atoms. The first-order valence-electron chi connectivity index (χ1n) is 3.70. The van der Waals surface area contributed by atoms with Crippen LogP contribution in [-0.2, 0) is 4.79 Å². The third-order valence-corrected chi connectivity index (χ3v) is 2.13. The molecule has 1 rings (SSSR count). The molecule has 2 unspecified atom stereocenters. The molecule has 1 fully saturated rings. The summed E-state index contributed by atoms with van der Waals surface area (Å²) >= 11 is 0. The Morgan fingerprint density at radius 2 is 2.36 bits per heavy atom. The minimum Gasteiger partial charge on any atom is -0.479 e. The van der Waals surface area contributed by atoms with Gasteiger partial charge in [-0.2, -0.15) is 0 Å². The van der Waals surface area contributed by atoms with E-state index in [1.54, 1.807) is 0 Å². The molecular formula is C7H13NO3. The lowest BCUT2D eigenvalue weighted by Crippen LogP contribution is -2.30. The molecule has 1 aliphatic heterocycles. The maximum atomic E-state index is 10.3. The highest BCUT2D eigenvalue weighted by molar-refractivity contribution is 5.72. The van der Waals surface area contributed by atoms with Crippen LogP contribution in [0.2, 0.25) is 0 Å².